The number of piperazine rings is 1. The van der Waals surface area contributed by atoms with Crippen LogP contribution in [0.4, 0.5) is 18.9 Å². The van der Waals surface area contributed by atoms with E-state index in [4.69, 9.17) is 0 Å². The van der Waals surface area contributed by atoms with E-state index in [0.717, 1.165) is 18.1 Å². The van der Waals surface area contributed by atoms with Crippen LogP contribution in [-0.4, -0.2) is 37.0 Å². The largest absolute Gasteiger partial charge is 0.416 e. The van der Waals surface area contributed by atoms with Crippen LogP contribution in [0.5, 0.6) is 0 Å². The maximum Gasteiger partial charge on any atom is 0.416 e. The molecular weight excluding hydrogens is 353 g/mol. The van der Waals surface area contributed by atoms with E-state index in [1.54, 1.807) is 6.07 Å². The minimum absolute atomic E-state index is 0.0902. The molecule has 144 valence electrons. The van der Waals surface area contributed by atoms with Gasteiger partial charge in [0, 0.05) is 31.9 Å². The van der Waals surface area contributed by atoms with Crippen LogP contribution < -0.4 is 4.90 Å². The van der Waals surface area contributed by atoms with E-state index in [1.165, 1.54) is 12.1 Å². The van der Waals surface area contributed by atoms with E-state index in [-0.39, 0.29) is 11.8 Å². The molecule has 1 saturated heterocycles. The summed E-state index contributed by atoms with van der Waals surface area (Å²) in [5.74, 6) is -0.0845. The Labute approximate surface area is 157 Å². The average molecular weight is 376 g/mol. The van der Waals surface area contributed by atoms with Gasteiger partial charge < -0.3 is 9.80 Å². The molecule has 0 saturated carbocycles. The number of anilines is 1. The summed E-state index contributed by atoms with van der Waals surface area (Å²) >= 11 is 0. The van der Waals surface area contributed by atoms with Gasteiger partial charge in [0.2, 0.25) is 5.91 Å². The number of nitrogens with zero attached hydrogens (tertiary/aromatic N) is 2. The number of carbonyl (C=O) groups is 1. The highest BCUT2D eigenvalue weighted by atomic mass is 19.4. The number of benzene rings is 2. The summed E-state index contributed by atoms with van der Waals surface area (Å²) in [7, 11) is 0. The van der Waals surface area contributed by atoms with Gasteiger partial charge in [-0.1, -0.05) is 43.3 Å². The number of halogens is 3. The molecule has 1 aliphatic heterocycles. The summed E-state index contributed by atoms with van der Waals surface area (Å²) in [6, 6.07) is 15.1. The molecule has 0 unspecified atom stereocenters. The summed E-state index contributed by atoms with van der Waals surface area (Å²) in [4.78, 5) is 16.6. The molecule has 1 heterocycles. The fourth-order valence-electron chi connectivity index (χ4n) is 3.52. The Morgan fingerprint density at radius 2 is 1.67 bits per heavy atom. The predicted molar refractivity (Wildman–Crippen MR) is 99.7 cm³/mol. The number of carbonyl (C=O) groups excluding carboxylic acids is 1. The molecule has 0 bridgehead atoms. The Bertz CT molecular complexity index is 768. The Balaban J connectivity index is 1.66. The molecule has 0 aliphatic carbocycles. The molecular formula is C21H23F3N2O. The van der Waals surface area contributed by atoms with E-state index >= 15 is 0 Å². The molecule has 27 heavy (non-hydrogen) atoms. The van der Waals surface area contributed by atoms with Crippen LogP contribution in [0.15, 0.2) is 54.6 Å². The minimum atomic E-state index is -4.35. The fraction of sp³-hybridized carbons (Fsp3) is 0.381. The maximum atomic E-state index is 12.9. The molecule has 2 aromatic carbocycles. The van der Waals surface area contributed by atoms with Gasteiger partial charge in [-0.3, -0.25) is 4.79 Å². The monoisotopic (exact) mass is 376 g/mol. The van der Waals surface area contributed by atoms with E-state index in [1.807, 2.05) is 47.1 Å². The van der Waals surface area contributed by atoms with Crippen molar-refractivity contribution in [2.24, 2.45) is 0 Å². The molecule has 1 fully saturated rings. The lowest BCUT2D eigenvalue weighted by Crippen LogP contribution is -2.50. The first-order valence-electron chi connectivity index (χ1n) is 9.16. The predicted octanol–water partition coefficient (Wildman–Crippen LogP) is 4.55. The Morgan fingerprint density at radius 3 is 2.26 bits per heavy atom. The molecule has 0 radical (unpaired) electrons. The maximum absolute atomic E-state index is 12.9. The van der Waals surface area contributed by atoms with Crippen molar-refractivity contribution in [3.05, 3.63) is 65.7 Å². The quantitative estimate of drug-likeness (QED) is 0.782. The standard InChI is InChI=1S/C21H23F3N2O/c1-2-19(16-7-4-3-5-8-16)20(27)26-13-11-25(12-14-26)18-10-6-9-17(15-18)21(22,23)24/h3-10,15,19H,2,11-14H2,1H3/t19-/m1/s1. The summed E-state index contributed by atoms with van der Waals surface area (Å²) in [6.45, 7) is 4.07. The molecule has 0 aromatic heterocycles. The number of alkyl halides is 3. The van der Waals surface area contributed by atoms with Crippen LogP contribution in [0.3, 0.4) is 0 Å². The van der Waals surface area contributed by atoms with Gasteiger partial charge in [0.1, 0.15) is 0 Å². The third-order valence-corrected chi connectivity index (χ3v) is 5.04. The third kappa shape index (κ3) is 4.43. The highest BCUT2D eigenvalue weighted by Crippen LogP contribution is 2.32. The Hall–Kier alpha value is -2.50. The van der Waals surface area contributed by atoms with Gasteiger partial charge in [-0.15, -0.1) is 0 Å². The van der Waals surface area contributed by atoms with Crippen molar-refractivity contribution in [3.63, 3.8) is 0 Å². The lowest BCUT2D eigenvalue weighted by atomic mass is 9.95. The SMILES string of the molecule is CC[C@@H](C(=O)N1CCN(c2cccc(C(F)(F)F)c2)CC1)c1ccccc1. The Kier molecular flexibility index (Phi) is 5.73. The van der Waals surface area contributed by atoms with Crippen LogP contribution >= 0.6 is 0 Å². The van der Waals surface area contributed by atoms with Crippen LogP contribution in [0.1, 0.15) is 30.4 Å². The minimum Gasteiger partial charge on any atom is -0.368 e. The van der Waals surface area contributed by atoms with E-state index in [9.17, 15) is 18.0 Å². The van der Waals surface area contributed by atoms with Gasteiger partial charge in [0.25, 0.3) is 0 Å². The van der Waals surface area contributed by atoms with Crippen LogP contribution in [0.25, 0.3) is 0 Å². The molecule has 0 N–H and O–H groups in total. The Morgan fingerprint density at radius 1 is 1.00 bits per heavy atom. The van der Waals surface area contributed by atoms with E-state index in [0.29, 0.717) is 31.9 Å². The van der Waals surface area contributed by atoms with Crippen molar-refractivity contribution in [1.29, 1.82) is 0 Å². The van der Waals surface area contributed by atoms with Gasteiger partial charge in [0.05, 0.1) is 11.5 Å². The van der Waals surface area contributed by atoms with Gasteiger partial charge in [0.15, 0.2) is 0 Å². The smallest absolute Gasteiger partial charge is 0.368 e. The molecule has 1 amide bonds. The van der Waals surface area contributed by atoms with E-state index < -0.39 is 11.7 Å². The topological polar surface area (TPSA) is 23.6 Å². The summed E-state index contributed by atoms with van der Waals surface area (Å²) in [5.41, 5.74) is 0.908. The lowest BCUT2D eigenvalue weighted by Gasteiger charge is -2.37. The number of hydrogen-bond acceptors (Lipinski definition) is 2. The zero-order valence-electron chi connectivity index (χ0n) is 15.2. The molecule has 6 heteroatoms. The normalized spacial score (nSPS) is 16.3. The molecule has 3 nitrogen and oxygen atoms in total. The number of rotatable bonds is 4. The summed E-state index contributed by atoms with van der Waals surface area (Å²) in [6.07, 6.45) is -3.63. The van der Waals surface area contributed by atoms with Crippen molar-refractivity contribution < 1.29 is 18.0 Å². The first kappa shape index (κ1) is 19.3. The highest BCUT2D eigenvalue weighted by Gasteiger charge is 2.32. The van der Waals surface area contributed by atoms with Crippen molar-refractivity contribution in [1.82, 2.24) is 4.90 Å². The second-order valence-electron chi connectivity index (χ2n) is 6.73. The van der Waals surface area contributed by atoms with Crippen molar-refractivity contribution in [3.8, 4) is 0 Å². The molecule has 1 aliphatic rings. The van der Waals surface area contributed by atoms with Crippen molar-refractivity contribution in [2.75, 3.05) is 31.1 Å². The van der Waals surface area contributed by atoms with Crippen LogP contribution in [0.2, 0.25) is 0 Å². The molecule has 0 spiro atoms. The zero-order chi connectivity index (χ0) is 19.4. The molecule has 1 atom stereocenters. The van der Waals surface area contributed by atoms with Gasteiger partial charge >= 0.3 is 6.18 Å². The fourth-order valence-corrected chi connectivity index (χ4v) is 3.52. The summed E-state index contributed by atoms with van der Waals surface area (Å²) in [5, 5.41) is 0. The number of hydrogen-bond donors (Lipinski definition) is 0. The van der Waals surface area contributed by atoms with Gasteiger partial charge in [-0.2, -0.15) is 13.2 Å². The highest BCUT2D eigenvalue weighted by molar-refractivity contribution is 5.84. The van der Waals surface area contributed by atoms with E-state index in [2.05, 4.69) is 0 Å². The van der Waals surface area contributed by atoms with Gasteiger partial charge in [-0.05, 0) is 30.2 Å². The second kappa shape index (κ2) is 8.03. The van der Waals surface area contributed by atoms with Crippen LogP contribution in [0, 0.1) is 0 Å². The van der Waals surface area contributed by atoms with Crippen molar-refractivity contribution >= 4 is 11.6 Å². The molecule has 3 rings (SSSR count). The van der Waals surface area contributed by atoms with Crippen molar-refractivity contribution in [2.45, 2.75) is 25.4 Å². The zero-order valence-corrected chi connectivity index (χ0v) is 15.2. The summed E-state index contributed by atoms with van der Waals surface area (Å²) < 4.78 is 38.8. The average Bonchev–Trinajstić information content (AvgIpc) is 2.69. The first-order valence-corrected chi connectivity index (χ1v) is 9.16. The third-order valence-electron chi connectivity index (χ3n) is 5.04. The first-order chi connectivity index (χ1) is 12.9. The van der Waals surface area contributed by atoms with Gasteiger partial charge in [-0.25, -0.2) is 0 Å². The number of amides is 1. The molecule has 2 aromatic rings. The lowest BCUT2D eigenvalue weighted by molar-refractivity contribution is -0.137. The van der Waals surface area contributed by atoms with Crippen LogP contribution in [-0.2, 0) is 11.0 Å². The second-order valence-corrected chi connectivity index (χ2v) is 6.73.